The lowest BCUT2D eigenvalue weighted by atomic mass is 9.96. The number of nitrogens with zero attached hydrogens (tertiary/aromatic N) is 2. The number of thioether (sulfide) groups is 1. The minimum absolute atomic E-state index is 0.0779. The molecule has 0 saturated heterocycles. The topological polar surface area (TPSA) is 65.8 Å². The molecule has 2 heterocycles. The lowest BCUT2D eigenvalue weighted by molar-refractivity contribution is -0.137. The molecule has 3 rings (SSSR count). The number of aryl methyl sites for hydroxylation is 1. The lowest BCUT2D eigenvalue weighted by Gasteiger charge is -2.09. The summed E-state index contributed by atoms with van der Waals surface area (Å²) in [6.07, 6.45) is 0.00464. The van der Waals surface area contributed by atoms with Crippen LogP contribution in [-0.2, 0) is 23.8 Å². The predicted molar refractivity (Wildman–Crippen MR) is 99.3 cm³/mol. The van der Waals surface area contributed by atoms with Gasteiger partial charge in [0.2, 0.25) is 5.91 Å². The van der Waals surface area contributed by atoms with E-state index in [0.717, 1.165) is 54.0 Å². The van der Waals surface area contributed by atoms with Crippen LogP contribution < -0.4 is 5.32 Å². The van der Waals surface area contributed by atoms with E-state index in [4.69, 9.17) is 11.6 Å². The van der Waals surface area contributed by atoms with E-state index in [1.54, 1.807) is 0 Å². The minimum Gasteiger partial charge on any atom is -0.316 e. The SMILES string of the molecule is N#Cc1c(NC(=O)CSc2ncc(C(F)(F)F)cc2Cl)sc2c1CCCC2. The van der Waals surface area contributed by atoms with Gasteiger partial charge in [0.1, 0.15) is 16.1 Å². The Morgan fingerprint density at radius 2 is 2.15 bits per heavy atom. The summed E-state index contributed by atoms with van der Waals surface area (Å²) in [5.41, 5.74) is 0.590. The highest BCUT2D eigenvalue weighted by Gasteiger charge is 2.31. The Hall–Kier alpha value is -1.76. The van der Waals surface area contributed by atoms with Gasteiger partial charge in [0.05, 0.1) is 21.9 Å². The van der Waals surface area contributed by atoms with Crippen LogP contribution in [0.5, 0.6) is 0 Å². The van der Waals surface area contributed by atoms with Crippen molar-refractivity contribution in [3.05, 3.63) is 38.9 Å². The Bertz CT molecular complexity index is 921. The molecule has 0 aromatic carbocycles. The summed E-state index contributed by atoms with van der Waals surface area (Å²) in [7, 11) is 0. The van der Waals surface area contributed by atoms with E-state index >= 15 is 0 Å². The number of aromatic nitrogens is 1. The van der Waals surface area contributed by atoms with Gasteiger partial charge >= 0.3 is 6.18 Å². The molecule has 0 fully saturated rings. The zero-order chi connectivity index (χ0) is 19.6. The third kappa shape index (κ3) is 4.57. The summed E-state index contributed by atoms with van der Waals surface area (Å²) in [5.74, 6) is -0.446. The van der Waals surface area contributed by atoms with Gasteiger partial charge in [-0.25, -0.2) is 4.98 Å². The van der Waals surface area contributed by atoms with Gasteiger partial charge in [0.25, 0.3) is 0 Å². The first-order chi connectivity index (χ1) is 12.8. The van der Waals surface area contributed by atoms with Crippen molar-refractivity contribution in [1.82, 2.24) is 4.98 Å². The second kappa shape index (κ2) is 8.09. The molecule has 0 unspecified atom stereocenters. The van der Waals surface area contributed by atoms with Crippen molar-refractivity contribution >= 4 is 45.6 Å². The molecule has 27 heavy (non-hydrogen) atoms. The minimum atomic E-state index is -4.52. The molecule has 1 N–H and O–H groups in total. The number of nitrogens with one attached hydrogen (secondary N) is 1. The maximum Gasteiger partial charge on any atom is 0.417 e. The fourth-order valence-electron chi connectivity index (χ4n) is 2.76. The Labute approximate surface area is 166 Å². The van der Waals surface area contributed by atoms with Gasteiger partial charge in [-0.05, 0) is 37.3 Å². The molecule has 0 spiro atoms. The number of nitriles is 1. The van der Waals surface area contributed by atoms with Crippen LogP contribution in [0.15, 0.2) is 17.3 Å². The molecule has 1 aliphatic rings. The molecule has 4 nitrogen and oxygen atoms in total. The van der Waals surface area contributed by atoms with Crippen LogP contribution in [0, 0.1) is 11.3 Å². The number of alkyl halides is 3. The number of amides is 1. The fourth-order valence-corrected chi connectivity index (χ4v) is 5.01. The van der Waals surface area contributed by atoms with Crippen molar-refractivity contribution < 1.29 is 18.0 Å². The lowest BCUT2D eigenvalue weighted by Crippen LogP contribution is -2.14. The second-order valence-corrected chi connectivity index (χ2v) is 8.35. The van der Waals surface area contributed by atoms with E-state index in [1.165, 1.54) is 11.3 Å². The van der Waals surface area contributed by atoms with Crippen LogP contribution in [0.1, 0.15) is 34.4 Å². The third-order valence-corrected chi connectivity index (χ3v) is 6.62. The average Bonchev–Trinajstić information content (AvgIpc) is 2.96. The number of rotatable bonds is 4. The molecule has 0 aliphatic heterocycles. The molecule has 2 aromatic rings. The second-order valence-electron chi connectivity index (χ2n) is 5.87. The Balaban J connectivity index is 1.66. The number of hydrogen-bond acceptors (Lipinski definition) is 5. The molecule has 142 valence electrons. The van der Waals surface area contributed by atoms with Crippen LogP contribution in [0.3, 0.4) is 0 Å². The summed E-state index contributed by atoms with van der Waals surface area (Å²) >= 11 is 8.19. The number of thiophene rings is 1. The molecule has 0 bridgehead atoms. The number of carbonyl (C=O) groups excluding carboxylic acids is 1. The summed E-state index contributed by atoms with van der Waals surface area (Å²) in [4.78, 5) is 17.0. The highest BCUT2D eigenvalue weighted by Crippen LogP contribution is 2.38. The van der Waals surface area contributed by atoms with E-state index < -0.39 is 11.7 Å². The number of carbonyl (C=O) groups is 1. The molecule has 1 aliphatic carbocycles. The first-order valence-electron chi connectivity index (χ1n) is 7.99. The van der Waals surface area contributed by atoms with Crippen molar-refractivity contribution in [3.8, 4) is 6.07 Å². The normalized spacial score (nSPS) is 13.7. The van der Waals surface area contributed by atoms with Crippen LogP contribution in [0.4, 0.5) is 18.2 Å². The van der Waals surface area contributed by atoms with E-state index in [9.17, 15) is 23.2 Å². The number of halogens is 4. The van der Waals surface area contributed by atoms with Crippen molar-refractivity contribution in [2.75, 3.05) is 11.1 Å². The van der Waals surface area contributed by atoms with Crippen LogP contribution in [0.25, 0.3) is 0 Å². The van der Waals surface area contributed by atoms with Gasteiger partial charge in [0.15, 0.2) is 0 Å². The van der Waals surface area contributed by atoms with Crippen LogP contribution in [0.2, 0.25) is 5.02 Å². The van der Waals surface area contributed by atoms with E-state index in [-0.39, 0.29) is 21.7 Å². The number of hydrogen-bond donors (Lipinski definition) is 1. The first kappa shape index (κ1) is 20.0. The molecule has 1 amide bonds. The quantitative estimate of drug-likeness (QED) is 0.667. The van der Waals surface area contributed by atoms with Gasteiger partial charge < -0.3 is 5.32 Å². The van der Waals surface area contributed by atoms with E-state index in [2.05, 4.69) is 16.4 Å². The van der Waals surface area contributed by atoms with Crippen molar-refractivity contribution in [1.29, 1.82) is 5.26 Å². The largest absolute Gasteiger partial charge is 0.417 e. The maximum atomic E-state index is 12.6. The Morgan fingerprint density at radius 3 is 2.81 bits per heavy atom. The zero-order valence-corrected chi connectivity index (χ0v) is 16.2. The molecular formula is C17H13ClF3N3OS2. The predicted octanol–water partition coefficient (Wildman–Crippen LogP) is 5.30. The van der Waals surface area contributed by atoms with Gasteiger partial charge in [-0.1, -0.05) is 23.4 Å². The van der Waals surface area contributed by atoms with Gasteiger partial charge in [-0.15, -0.1) is 11.3 Å². The van der Waals surface area contributed by atoms with Gasteiger partial charge in [-0.3, -0.25) is 4.79 Å². The summed E-state index contributed by atoms with van der Waals surface area (Å²) in [5, 5.41) is 12.6. The molecule has 0 atom stereocenters. The highest BCUT2D eigenvalue weighted by molar-refractivity contribution is 8.00. The van der Waals surface area contributed by atoms with Gasteiger partial charge in [0, 0.05) is 11.1 Å². The van der Waals surface area contributed by atoms with E-state index in [1.807, 2.05) is 0 Å². The molecule has 0 radical (unpaired) electrons. The standard InChI is InChI=1S/C17H13ClF3N3OS2/c18-12-5-9(17(19,20)21)7-23-16(12)26-8-14(25)24-15-11(6-22)10-3-1-2-4-13(10)27-15/h5,7H,1-4,8H2,(H,24,25). The smallest absolute Gasteiger partial charge is 0.316 e. The van der Waals surface area contributed by atoms with Crippen LogP contribution in [-0.4, -0.2) is 16.6 Å². The number of pyridine rings is 1. The summed E-state index contributed by atoms with van der Waals surface area (Å²) < 4.78 is 37.9. The highest BCUT2D eigenvalue weighted by atomic mass is 35.5. The molecule has 2 aromatic heterocycles. The van der Waals surface area contributed by atoms with E-state index in [0.29, 0.717) is 16.8 Å². The van der Waals surface area contributed by atoms with Crippen molar-refractivity contribution in [2.24, 2.45) is 0 Å². The molecule has 0 saturated carbocycles. The van der Waals surface area contributed by atoms with Crippen molar-refractivity contribution in [3.63, 3.8) is 0 Å². The summed E-state index contributed by atoms with van der Waals surface area (Å²) in [6, 6.07) is 2.95. The third-order valence-electron chi connectivity index (χ3n) is 4.01. The molecular weight excluding hydrogens is 419 g/mol. The summed E-state index contributed by atoms with van der Waals surface area (Å²) in [6.45, 7) is 0. The van der Waals surface area contributed by atoms with Crippen molar-refractivity contribution in [2.45, 2.75) is 36.9 Å². The Morgan fingerprint density at radius 1 is 1.41 bits per heavy atom. The Kier molecular flexibility index (Phi) is 5.99. The van der Waals surface area contributed by atoms with Gasteiger partial charge in [-0.2, -0.15) is 18.4 Å². The molecule has 10 heteroatoms. The van der Waals surface area contributed by atoms with Crippen LogP contribution >= 0.6 is 34.7 Å². The number of fused-ring (bicyclic) bond motifs is 1. The zero-order valence-electron chi connectivity index (χ0n) is 13.8. The fraction of sp³-hybridized carbons (Fsp3) is 0.353. The average molecular weight is 432 g/mol. The number of anilines is 1. The monoisotopic (exact) mass is 431 g/mol. The first-order valence-corrected chi connectivity index (χ1v) is 10.2. The maximum absolute atomic E-state index is 12.6.